The highest BCUT2D eigenvalue weighted by Crippen LogP contribution is 2.31. The van der Waals surface area contributed by atoms with E-state index < -0.39 is 5.91 Å². The lowest BCUT2D eigenvalue weighted by Crippen LogP contribution is -2.38. The Bertz CT molecular complexity index is 555. The van der Waals surface area contributed by atoms with E-state index in [1.54, 1.807) is 0 Å². The molecule has 0 spiro atoms. The summed E-state index contributed by atoms with van der Waals surface area (Å²) >= 11 is 0. The van der Waals surface area contributed by atoms with Gasteiger partial charge in [0.2, 0.25) is 5.91 Å². The van der Waals surface area contributed by atoms with E-state index in [4.69, 9.17) is 15.2 Å². The summed E-state index contributed by atoms with van der Waals surface area (Å²) < 4.78 is 10.2. The average molecular weight is 293 g/mol. The number of hydrogen-bond acceptors (Lipinski definition) is 5. The maximum absolute atomic E-state index is 12.1. The number of carbonyl (C=O) groups is 2. The maximum atomic E-state index is 12.1. The van der Waals surface area contributed by atoms with Crippen LogP contribution in [0.25, 0.3) is 0 Å². The highest BCUT2D eigenvalue weighted by atomic mass is 16.5. The number of nitrogens with two attached hydrogens (primary N) is 1. The molecule has 0 unspecified atom stereocenters. The van der Waals surface area contributed by atoms with Gasteiger partial charge in [-0.25, -0.2) is 0 Å². The first-order valence-electron chi connectivity index (χ1n) is 6.64. The minimum atomic E-state index is -0.431. The van der Waals surface area contributed by atoms with Crippen LogP contribution in [0.5, 0.6) is 11.5 Å². The van der Waals surface area contributed by atoms with Crippen LogP contribution in [0.3, 0.4) is 0 Å². The summed E-state index contributed by atoms with van der Waals surface area (Å²) in [6.45, 7) is -0.0802. The van der Waals surface area contributed by atoms with Crippen molar-refractivity contribution in [1.82, 2.24) is 10.6 Å². The van der Waals surface area contributed by atoms with Crippen molar-refractivity contribution in [2.75, 3.05) is 26.5 Å². The smallest absolute Gasteiger partial charge is 0.253 e. The van der Waals surface area contributed by atoms with Crippen molar-refractivity contribution in [3.8, 4) is 11.5 Å². The highest BCUT2D eigenvalue weighted by molar-refractivity contribution is 6.01. The SMILES string of the molecule is COc1cc(N)c(C(=O)NCC(=O)NC2CC2)cc1OC. The second-order valence-corrected chi connectivity index (χ2v) is 4.82. The van der Waals surface area contributed by atoms with Gasteiger partial charge in [-0.1, -0.05) is 0 Å². The van der Waals surface area contributed by atoms with Gasteiger partial charge in [-0.15, -0.1) is 0 Å². The lowest BCUT2D eigenvalue weighted by molar-refractivity contribution is -0.120. The molecule has 7 heteroatoms. The van der Waals surface area contributed by atoms with Crippen LogP contribution in [0.15, 0.2) is 12.1 Å². The molecule has 1 aromatic rings. The molecule has 0 heterocycles. The van der Waals surface area contributed by atoms with E-state index in [2.05, 4.69) is 10.6 Å². The van der Waals surface area contributed by atoms with E-state index in [-0.39, 0.29) is 29.7 Å². The first-order valence-corrected chi connectivity index (χ1v) is 6.64. The number of methoxy groups -OCH3 is 2. The van der Waals surface area contributed by atoms with Crippen molar-refractivity contribution in [3.05, 3.63) is 17.7 Å². The standard InChI is InChI=1S/C14H19N3O4/c1-20-11-5-9(10(15)6-12(11)21-2)14(19)16-7-13(18)17-8-3-4-8/h5-6,8H,3-4,7,15H2,1-2H3,(H,16,19)(H,17,18). The number of ether oxygens (including phenoxy) is 2. The number of rotatable bonds is 6. The normalized spacial score (nSPS) is 13.4. The molecular formula is C14H19N3O4. The van der Waals surface area contributed by atoms with Gasteiger partial charge in [0.15, 0.2) is 11.5 Å². The minimum Gasteiger partial charge on any atom is -0.493 e. The molecule has 1 fully saturated rings. The number of amides is 2. The Morgan fingerprint density at radius 1 is 1.24 bits per heavy atom. The van der Waals surface area contributed by atoms with Crippen LogP contribution in [-0.4, -0.2) is 38.6 Å². The molecule has 1 aliphatic rings. The highest BCUT2D eigenvalue weighted by Gasteiger charge is 2.23. The summed E-state index contributed by atoms with van der Waals surface area (Å²) in [7, 11) is 2.96. The molecule has 0 aromatic heterocycles. The van der Waals surface area contributed by atoms with Gasteiger partial charge in [0.05, 0.1) is 26.3 Å². The third-order valence-electron chi connectivity index (χ3n) is 3.15. The Labute approximate surface area is 122 Å². The maximum Gasteiger partial charge on any atom is 0.253 e. The zero-order valence-corrected chi connectivity index (χ0v) is 12.1. The Morgan fingerprint density at radius 3 is 2.43 bits per heavy atom. The zero-order valence-electron chi connectivity index (χ0n) is 12.1. The lowest BCUT2D eigenvalue weighted by Gasteiger charge is -2.12. The Morgan fingerprint density at radius 2 is 1.86 bits per heavy atom. The Kier molecular flexibility index (Phi) is 4.52. The average Bonchev–Trinajstić information content (AvgIpc) is 3.28. The van der Waals surface area contributed by atoms with E-state index in [9.17, 15) is 9.59 Å². The molecule has 0 saturated heterocycles. The van der Waals surface area contributed by atoms with E-state index >= 15 is 0 Å². The lowest BCUT2D eigenvalue weighted by atomic mass is 10.1. The third-order valence-corrected chi connectivity index (χ3v) is 3.15. The molecule has 114 valence electrons. The van der Waals surface area contributed by atoms with Crippen molar-refractivity contribution >= 4 is 17.5 Å². The molecule has 1 aromatic carbocycles. The quantitative estimate of drug-likeness (QED) is 0.654. The van der Waals surface area contributed by atoms with Crippen molar-refractivity contribution < 1.29 is 19.1 Å². The van der Waals surface area contributed by atoms with Crippen LogP contribution in [-0.2, 0) is 4.79 Å². The van der Waals surface area contributed by atoms with Gasteiger partial charge in [-0.3, -0.25) is 9.59 Å². The van der Waals surface area contributed by atoms with Crippen LogP contribution in [0.4, 0.5) is 5.69 Å². The van der Waals surface area contributed by atoms with Gasteiger partial charge in [0, 0.05) is 17.8 Å². The van der Waals surface area contributed by atoms with Crippen LogP contribution >= 0.6 is 0 Å². The van der Waals surface area contributed by atoms with E-state index in [0.29, 0.717) is 11.5 Å². The molecule has 0 aliphatic heterocycles. The van der Waals surface area contributed by atoms with Gasteiger partial charge >= 0.3 is 0 Å². The second-order valence-electron chi connectivity index (χ2n) is 4.82. The number of nitrogen functional groups attached to an aromatic ring is 1. The zero-order chi connectivity index (χ0) is 15.4. The number of benzene rings is 1. The summed E-state index contributed by atoms with van der Waals surface area (Å²) in [6.07, 6.45) is 2.00. The summed E-state index contributed by atoms with van der Waals surface area (Å²) in [4.78, 5) is 23.6. The number of nitrogens with one attached hydrogen (secondary N) is 2. The second kappa shape index (κ2) is 6.34. The van der Waals surface area contributed by atoms with Crippen molar-refractivity contribution in [1.29, 1.82) is 0 Å². The monoisotopic (exact) mass is 293 g/mol. The van der Waals surface area contributed by atoms with E-state index in [0.717, 1.165) is 12.8 Å². The molecule has 7 nitrogen and oxygen atoms in total. The van der Waals surface area contributed by atoms with Gasteiger partial charge in [0.25, 0.3) is 5.91 Å². The summed E-state index contributed by atoms with van der Waals surface area (Å²) in [6, 6.07) is 3.26. The molecule has 0 atom stereocenters. The van der Waals surface area contributed by atoms with Gasteiger partial charge in [-0.05, 0) is 18.9 Å². The fraction of sp³-hybridized carbons (Fsp3) is 0.429. The molecule has 0 radical (unpaired) electrons. The van der Waals surface area contributed by atoms with Crippen LogP contribution in [0.2, 0.25) is 0 Å². The van der Waals surface area contributed by atoms with Crippen LogP contribution < -0.4 is 25.8 Å². The van der Waals surface area contributed by atoms with Gasteiger partial charge in [0.1, 0.15) is 0 Å². The molecule has 2 amide bonds. The molecular weight excluding hydrogens is 274 g/mol. The molecule has 1 saturated carbocycles. The predicted octanol–water partition coefficient (Wildman–Crippen LogP) is 0.294. The van der Waals surface area contributed by atoms with Crippen LogP contribution in [0.1, 0.15) is 23.2 Å². The molecule has 0 bridgehead atoms. The number of hydrogen-bond donors (Lipinski definition) is 3. The topological polar surface area (TPSA) is 103 Å². The van der Waals surface area contributed by atoms with Crippen molar-refractivity contribution in [3.63, 3.8) is 0 Å². The number of carbonyl (C=O) groups excluding carboxylic acids is 2. The van der Waals surface area contributed by atoms with E-state index in [1.807, 2.05) is 0 Å². The van der Waals surface area contributed by atoms with Crippen LogP contribution in [0, 0.1) is 0 Å². The van der Waals surface area contributed by atoms with Gasteiger partial charge < -0.3 is 25.8 Å². The Balaban J connectivity index is 2.02. The number of anilines is 1. The Hall–Kier alpha value is -2.44. The van der Waals surface area contributed by atoms with Crippen molar-refractivity contribution in [2.45, 2.75) is 18.9 Å². The molecule has 1 aliphatic carbocycles. The molecule has 4 N–H and O–H groups in total. The van der Waals surface area contributed by atoms with E-state index in [1.165, 1.54) is 26.4 Å². The fourth-order valence-corrected chi connectivity index (χ4v) is 1.85. The fourth-order valence-electron chi connectivity index (χ4n) is 1.85. The van der Waals surface area contributed by atoms with Crippen molar-refractivity contribution in [2.24, 2.45) is 0 Å². The van der Waals surface area contributed by atoms with Gasteiger partial charge in [-0.2, -0.15) is 0 Å². The first-order chi connectivity index (χ1) is 10.0. The summed E-state index contributed by atoms with van der Waals surface area (Å²) in [5, 5.41) is 5.32. The molecule has 2 rings (SSSR count). The summed E-state index contributed by atoms with van der Waals surface area (Å²) in [5.74, 6) is 0.210. The molecule has 21 heavy (non-hydrogen) atoms. The predicted molar refractivity (Wildman–Crippen MR) is 77.5 cm³/mol. The minimum absolute atomic E-state index is 0.0802. The largest absolute Gasteiger partial charge is 0.493 e. The third kappa shape index (κ3) is 3.77. The summed E-state index contributed by atoms with van der Waals surface area (Å²) in [5.41, 5.74) is 6.32. The first kappa shape index (κ1) is 15.0.